The Labute approximate surface area is 127 Å². The van der Waals surface area contributed by atoms with Crippen LogP contribution in [0.2, 0.25) is 0 Å². The normalized spacial score (nSPS) is 28.9. The first-order chi connectivity index (χ1) is 9.95. The van der Waals surface area contributed by atoms with Crippen LogP contribution in [-0.2, 0) is 0 Å². The summed E-state index contributed by atoms with van der Waals surface area (Å²) in [5, 5.41) is 9.98. The van der Waals surface area contributed by atoms with E-state index in [0.717, 1.165) is 42.6 Å². The Balaban J connectivity index is 1.71. The number of aryl methyl sites for hydroxylation is 3. The minimum absolute atomic E-state index is 0.155. The highest BCUT2D eigenvalue weighted by molar-refractivity contribution is 6.00. The van der Waals surface area contributed by atoms with Gasteiger partial charge in [-0.1, -0.05) is 17.7 Å². The molecule has 0 spiro atoms. The number of likely N-dealkylation sites (tertiary alicyclic amines) is 1. The summed E-state index contributed by atoms with van der Waals surface area (Å²) in [4.78, 5) is 14.9. The van der Waals surface area contributed by atoms with Gasteiger partial charge in [0.05, 0.1) is 12.6 Å². The zero-order valence-electron chi connectivity index (χ0n) is 13.2. The molecule has 114 valence electrons. The molecule has 0 aromatic heterocycles. The van der Waals surface area contributed by atoms with Crippen molar-refractivity contribution in [1.82, 2.24) is 4.90 Å². The van der Waals surface area contributed by atoms with E-state index < -0.39 is 0 Å². The van der Waals surface area contributed by atoms with Crippen LogP contribution in [0, 0.1) is 32.6 Å². The fourth-order valence-corrected chi connectivity index (χ4v) is 4.36. The number of nitrogens with zero attached hydrogens (tertiary/aromatic N) is 1. The number of ketones is 1. The number of rotatable bonds is 3. The lowest BCUT2D eigenvalue weighted by Gasteiger charge is -2.18. The molecule has 0 radical (unpaired) electrons. The highest BCUT2D eigenvalue weighted by atomic mass is 16.3. The zero-order valence-corrected chi connectivity index (χ0v) is 13.2. The predicted molar refractivity (Wildman–Crippen MR) is 83.6 cm³/mol. The van der Waals surface area contributed by atoms with E-state index >= 15 is 0 Å². The monoisotopic (exact) mass is 287 g/mol. The molecule has 1 N–H and O–H groups in total. The summed E-state index contributed by atoms with van der Waals surface area (Å²) in [6.07, 6.45) is 1.89. The average Bonchev–Trinajstić information content (AvgIpc) is 2.90. The first kappa shape index (κ1) is 14.7. The van der Waals surface area contributed by atoms with E-state index in [1.165, 1.54) is 5.56 Å². The molecule has 0 bridgehead atoms. The van der Waals surface area contributed by atoms with Gasteiger partial charge in [0, 0.05) is 24.6 Å². The maximum absolute atomic E-state index is 12.7. The summed E-state index contributed by atoms with van der Waals surface area (Å²) in [5.41, 5.74) is 4.26. The molecule has 3 heteroatoms. The number of aliphatic hydroxyl groups excluding tert-OH is 1. The molecule has 1 heterocycles. The van der Waals surface area contributed by atoms with E-state index in [2.05, 4.69) is 24.0 Å². The molecule has 1 aromatic carbocycles. The molecule has 1 aromatic rings. The third-order valence-electron chi connectivity index (χ3n) is 5.22. The van der Waals surface area contributed by atoms with Gasteiger partial charge in [-0.15, -0.1) is 0 Å². The van der Waals surface area contributed by atoms with Crippen LogP contribution in [-0.4, -0.2) is 41.5 Å². The maximum atomic E-state index is 12.7. The molecule has 2 aliphatic rings. The van der Waals surface area contributed by atoms with Crippen LogP contribution in [0.3, 0.4) is 0 Å². The fraction of sp³-hybridized carbons (Fsp3) is 0.611. The quantitative estimate of drug-likeness (QED) is 0.868. The van der Waals surface area contributed by atoms with Crippen LogP contribution < -0.4 is 0 Å². The molecular formula is C18H25NO2. The number of hydrogen-bond donors (Lipinski definition) is 1. The Kier molecular flexibility index (Phi) is 3.89. The first-order valence-electron chi connectivity index (χ1n) is 7.97. The van der Waals surface area contributed by atoms with E-state index in [4.69, 9.17) is 0 Å². The Morgan fingerprint density at radius 2 is 1.86 bits per heavy atom. The molecular weight excluding hydrogens is 262 g/mol. The third kappa shape index (κ3) is 2.77. The smallest absolute Gasteiger partial charge is 0.177 e. The topological polar surface area (TPSA) is 40.5 Å². The minimum atomic E-state index is -0.155. The number of fused-ring (bicyclic) bond motifs is 1. The molecule has 3 rings (SSSR count). The van der Waals surface area contributed by atoms with Crippen molar-refractivity contribution >= 4 is 5.78 Å². The van der Waals surface area contributed by atoms with Crippen LogP contribution in [0.15, 0.2) is 12.1 Å². The van der Waals surface area contributed by atoms with E-state index in [1.807, 2.05) is 13.8 Å². The fourth-order valence-electron chi connectivity index (χ4n) is 4.36. The lowest BCUT2D eigenvalue weighted by Crippen LogP contribution is -2.30. The van der Waals surface area contributed by atoms with Gasteiger partial charge in [-0.05, 0) is 50.7 Å². The van der Waals surface area contributed by atoms with Gasteiger partial charge in [0.1, 0.15) is 0 Å². The predicted octanol–water partition coefficient (Wildman–Crippen LogP) is 2.50. The SMILES string of the molecule is Cc1cc(C)c(C(=O)CN2CC3CCC(O)C3C2)c(C)c1. The number of carbonyl (C=O) groups excluding carboxylic acids is 1. The molecule has 1 saturated heterocycles. The summed E-state index contributed by atoms with van der Waals surface area (Å²) < 4.78 is 0. The molecule has 1 aliphatic carbocycles. The molecule has 3 nitrogen and oxygen atoms in total. The second-order valence-electron chi connectivity index (χ2n) is 6.96. The lowest BCUT2D eigenvalue weighted by atomic mass is 9.96. The van der Waals surface area contributed by atoms with E-state index in [-0.39, 0.29) is 11.9 Å². The number of carbonyl (C=O) groups is 1. The van der Waals surface area contributed by atoms with E-state index in [1.54, 1.807) is 0 Å². The number of benzene rings is 1. The molecule has 2 fully saturated rings. The Morgan fingerprint density at radius 3 is 2.48 bits per heavy atom. The summed E-state index contributed by atoms with van der Waals surface area (Å²) in [6.45, 7) is 8.45. The van der Waals surface area contributed by atoms with Crippen molar-refractivity contribution in [3.63, 3.8) is 0 Å². The average molecular weight is 287 g/mol. The van der Waals surface area contributed by atoms with Crippen LogP contribution in [0.1, 0.15) is 39.9 Å². The van der Waals surface area contributed by atoms with E-state index in [9.17, 15) is 9.90 Å². The summed E-state index contributed by atoms with van der Waals surface area (Å²) in [7, 11) is 0. The Morgan fingerprint density at radius 1 is 1.19 bits per heavy atom. The van der Waals surface area contributed by atoms with Gasteiger partial charge in [0.15, 0.2) is 5.78 Å². The van der Waals surface area contributed by atoms with Crippen LogP contribution >= 0.6 is 0 Å². The van der Waals surface area contributed by atoms with Gasteiger partial charge >= 0.3 is 0 Å². The first-order valence-corrected chi connectivity index (χ1v) is 7.97. The number of hydrogen-bond acceptors (Lipinski definition) is 3. The molecule has 0 amide bonds. The van der Waals surface area contributed by atoms with Crippen molar-refractivity contribution in [3.8, 4) is 0 Å². The van der Waals surface area contributed by atoms with Crippen LogP contribution in [0.25, 0.3) is 0 Å². The third-order valence-corrected chi connectivity index (χ3v) is 5.22. The van der Waals surface area contributed by atoms with Gasteiger partial charge in [-0.25, -0.2) is 0 Å². The van der Waals surface area contributed by atoms with E-state index in [0.29, 0.717) is 18.4 Å². The van der Waals surface area contributed by atoms with Crippen molar-refractivity contribution in [2.24, 2.45) is 11.8 Å². The molecule has 1 saturated carbocycles. The summed E-state index contributed by atoms with van der Waals surface area (Å²) >= 11 is 0. The van der Waals surface area contributed by atoms with Gasteiger partial charge in [-0.3, -0.25) is 9.69 Å². The van der Waals surface area contributed by atoms with Crippen molar-refractivity contribution < 1.29 is 9.90 Å². The van der Waals surface area contributed by atoms with Gasteiger partial charge < -0.3 is 5.11 Å². The molecule has 3 atom stereocenters. The second kappa shape index (κ2) is 5.54. The number of Topliss-reactive ketones (excluding diaryl/α,β-unsaturated/α-hetero) is 1. The van der Waals surface area contributed by atoms with Crippen molar-refractivity contribution in [2.75, 3.05) is 19.6 Å². The largest absolute Gasteiger partial charge is 0.393 e. The Hall–Kier alpha value is -1.19. The second-order valence-corrected chi connectivity index (χ2v) is 6.96. The number of aliphatic hydroxyl groups is 1. The molecule has 3 unspecified atom stereocenters. The van der Waals surface area contributed by atoms with Crippen molar-refractivity contribution in [3.05, 3.63) is 34.4 Å². The molecule has 1 aliphatic heterocycles. The van der Waals surface area contributed by atoms with Gasteiger partial charge in [0.2, 0.25) is 0 Å². The van der Waals surface area contributed by atoms with Crippen LogP contribution in [0.5, 0.6) is 0 Å². The summed E-state index contributed by atoms with van der Waals surface area (Å²) in [6, 6.07) is 4.17. The van der Waals surface area contributed by atoms with Crippen molar-refractivity contribution in [1.29, 1.82) is 0 Å². The van der Waals surface area contributed by atoms with Crippen molar-refractivity contribution in [2.45, 2.75) is 39.7 Å². The molecule has 21 heavy (non-hydrogen) atoms. The van der Waals surface area contributed by atoms with Gasteiger partial charge in [-0.2, -0.15) is 0 Å². The summed E-state index contributed by atoms with van der Waals surface area (Å²) in [5.74, 6) is 1.20. The minimum Gasteiger partial charge on any atom is -0.393 e. The highest BCUT2D eigenvalue weighted by Gasteiger charge is 2.42. The zero-order chi connectivity index (χ0) is 15.1. The maximum Gasteiger partial charge on any atom is 0.177 e. The van der Waals surface area contributed by atoms with Gasteiger partial charge in [0.25, 0.3) is 0 Å². The highest BCUT2D eigenvalue weighted by Crippen LogP contribution is 2.38. The Bertz CT molecular complexity index is 543. The lowest BCUT2D eigenvalue weighted by molar-refractivity contribution is 0.0918. The standard InChI is InChI=1S/C18H25NO2/c1-11-6-12(2)18(13(3)7-11)17(21)10-19-8-14-4-5-16(20)15(14)9-19/h6-7,14-16,20H,4-5,8-10H2,1-3H3. The van der Waals surface area contributed by atoms with Crippen LogP contribution in [0.4, 0.5) is 0 Å².